The highest BCUT2D eigenvalue weighted by molar-refractivity contribution is 9.08. The number of hydrogen-bond acceptors (Lipinski definition) is 14. The van der Waals surface area contributed by atoms with E-state index in [0.717, 1.165) is 60.8 Å². The Morgan fingerprint density at radius 1 is 0.732 bits per heavy atom. The molecular weight excluding hydrogens is 834 g/mol. The van der Waals surface area contributed by atoms with Gasteiger partial charge >= 0.3 is 16.0 Å². The lowest BCUT2D eigenvalue weighted by Crippen LogP contribution is -2.63. The van der Waals surface area contributed by atoms with Crippen molar-refractivity contribution >= 4 is 31.9 Å². The second-order valence-electron chi connectivity index (χ2n) is 16.2. The Kier molecular flexibility index (Phi) is 11.7. The Hall–Kier alpha value is -0.940. The van der Waals surface area contributed by atoms with E-state index in [1.807, 2.05) is 48.5 Å². The lowest BCUT2D eigenvalue weighted by molar-refractivity contribution is -0.270. The Labute approximate surface area is 336 Å². The van der Waals surface area contributed by atoms with E-state index in [-0.39, 0.29) is 26.4 Å². The van der Waals surface area contributed by atoms with Gasteiger partial charge in [-0.15, -0.1) is 0 Å². The van der Waals surface area contributed by atoms with Crippen molar-refractivity contribution in [2.45, 2.75) is 163 Å². The topological polar surface area (TPSA) is 151 Å². The van der Waals surface area contributed by atoms with Crippen molar-refractivity contribution in [3.63, 3.8) is 0 Å². The number of ether oxygens (including phenoxy) is 6. The summed E-state index contributed by atoms with van der Waals surface area (Å²) in [5.74, 6) is -2.95. The van der Waals surface area contributed by atoms with Crippen molar-refractivity contribution in [2.75, 3.05) is 6.61 Å². The van der Waals surface area contributed by atoms with Crippen LogP contribution < -0.4 is 4.89 Å². The van der Waals surface area contributed by atoms with Gasteiger partial charge < -0.3 is 33.3 Å². The molecule has 0 radical (unpaired) electrons. The first-order valence-electron chi connectivity index (χ1n) is 19.9. The molecule has 8 atom stereocenters. The van der Waals surface area contributed by atoms with Crippen LogP contribution in [-0.4, -0.2) is 66.9 Å². The van der Waals surface area contributed by atoms with Crippen LogP contribution in [0.4, 0.5) is 0 Å². The minimum atomic E-state index is -4.53. The number of phosphoric acid groups is 2. The quantitative estimate of drug-likeness (QED) is 0.169. The summed E-state index contributed by atoms with van der Waals surface area (Å²) >= 11 is 3.55. The molecule has 3 aliphatic carbocycles. The first-order chi connectivity index (χ1) is 27.0. The molecule has 3 unspecified atom stereocenters. The lowest BCUT2D eigenvalue weighted by Gasteiger charge is -2.43. The third-order valence-electron chi connectivity index (χ3n) is 11.8. The van der Waals surface area contributed by atoms with Crippen LogP contribution in [0.3, 0.4) is 0 Å². The van der Waals surface area contributed by atoms with Crippen LogP contribution >= 0.6 is 31.9 Å². The maximum Gasteiger partial charge on any atom is 0.478 e. The normalized spacial score (nSPS) is 35.0. The third-order valence-corrected chi connectivity index (χ3v) is 15.3. The van der Waals surface area contributed by atoms with E-state index in [1.54, 1.807) is 13.8 Å². The van der Waals surface area contributed by atoms with Gasteiger partial charge in [-0.25, -0.2) is 4.57 Å². The molecule has 0 N–H and O–H groups in total. The smallest absolute Gasteiger partial charge is 0.478 e. The van der Waals surface area contributed by atoms with Crippen LogP contribution in [0.5, 0.6) is 0 Å². The molecule has 7 aliphatic rings. The monoisotopic (exact) mass is 884 g/mol. The Morgan fingerprint density at radius 3 is 1.77 bits per heavy atom. The first-order valence-corrected chi connectivity index (χ1v) is 23.9. The molecule has 14 nitrogen and oxygen atoms in total. The number of alkyl halides is 1. The van der Waals surface area contributed by atoms with E-state index in [0.29, 0.717) is 31.0 Å². The first kappa shape index (κ1) is 40.5. The zero-order valence-electron chi connectivity index (χ0n) is 31.8. The molecule has 3 saturated heterocycles. The highest BCUT2D eigenvalue weighted by Crippen LogP contribution is 2.63. The van der Waals surface area contributed by atoms with Crippen molar-refractivity contribution in [1.29, 1.82) is 0 Å². The standard InChI is InChI=1S/C39H51BrO14P2/c1-37(2)43-25-30(47-37)52-56(42,46-22-27-14-6-5-13-26(27)21-40)54-36-33-31(48-38(50-33)17-9-3-10-18-38)35(32-34(36)51-39(49-32)19-11-4-12-20-39)53-55(41)44-23-28-15-7-8-16-29(28)24-45-55/h5-8,13-16,30-36H,3-4,9-12,17-25H2,1-2H3/t30-,31-,32+,33-,34-,35?,36?,56?/m1/s1. The summed E-state index contributed by atoms with van der Waals surface area (Å²) in [6, 6.07) is 15.3. The predicted molar refractivity (Wildman–Crippen MR) is 201 cm³/mol. The average molecular weight is 886 g/mol. The van der Waals surface area contributed by atoms with Gasteiger partial charge in [-0.05, 0) is 61.8 Å². The Balaban J connectivity index is 1.07. The molecule has 0 amide bonds. The third kappa shape index (κ3) is 8.37. The molecule has 0 aromatic heterocycles. The zero-order chi connectivity index (χ0) is 38.6. The van der Waals surface area contributed by atoms with Gasteiger partial charge in [0.05, 0.1) is 6.61 Å². The highest BCUT2D eigenvalue weighted by atomic mass is 79.9. The van der Waals surface area contributed by atoms with Crippen LogP contribution in [0.1, 0.15) is 100 Å². The number of halogens is 1. The number of rotatable bonds is 10. The van der Waals surface area contributed by atoms with Crippen molar-refractivity contribution in [2.24, 2.45) is 0 Å². The molecule has 308 valence electrons. The van der Waals surface area contributed by atoms with Crippen LogP contribution in [0.15, 0.2) is 48.5 Å². The van der Waals surface area contributed by atoms with Crippen molar-refractivity contribution in [3.05, 3.63) is 70.8 Å². The van der Waals surface area contributed by atoms with Gasteiger partial charge in [0.15, 0.2) is 29.8 Å². The molecule has 56 heavy (non-hydrogen) atoms. The minimum absolute atomic E-state index is 0.00494. The van der Waals surface area contributed by atoms with Gasteiger partial charge in [-0.1, -0.05) is 77.3 Å². The molecular formula is C39H51BrO14P2. The van der Waals surface area contributed by atoms with Crippen LogP contribution in [0.2, 0.25) is 0 Å². The van der Waals surface area contributed by atoms with Crippen LogP contribution in [0, 0.1) is 0 Å². The van der Waals surface area contributed by atoms with E-state index in [2.05, 4.69) is 15.9 Å². The van der Waals surface area contributed by atoms with Gasteiger partial charge in [0, 0.05) is 31.0 Å². The average Bonchev–Trinajstić information content (AvgIpc) is 3.82. The fourth-order valence-corrected chi connectivity index (χ4v) is 12.3. The van der Waals surface area contributed by atoms with E-state index in [4.69, 9.17) is 55.6 Å². The predicted octanol–water partition coefficient (Wildman–Crippen LogP) is 7.79. The maximum absolute atomic E-state index is 15.2. The summed E-state index contributed by atoms with van der Waals surface area (Å²) in [6.07, 6.45) is 1.25. The number of benzene rings is 2. The molecule has 2 aromatic rings. The second-order valence-corrected chi connectivity index (χ2v) is 19.9. The fourth-order valence-electron chi connectivity index (χ4n) is 9.04. The van der Waals surface area contributed by atoms with Crippen molar-refractivity contribution < 1.29 is 65.0 Å². The fraction of sp³-hybridized carbons (Fsp3) is 0.692. The minimum Gasteiger partial charge on any atom is -0.606 e. The number of phosphoric ester groups is 2. The van der Waals surface area contributed by atoms with Crippen molar-refractivity contribution in [3.8, 4) is 0 Å². The Morgan fingerprint density at radius 2 is 1.25 bits per heavy atom. The molecule has 6 fully saturated rings. The number of fused-ring (bicyclic) bond motifs is 3. The summed E-state index contributed by atoms with van der Waals surface area (Å²) in [6.45, 7) is 3.49. The highest BCUT2D eigenvalue weighted by Gasteiger charge is 2.70. The summed E-state index contributed by atoms with van der Waals surface area (Å²) in [5, 5.41) is 0.563. The summed E-state index contributed by atoms with van der Waals surface area (Å²) in [5.41, 5.74) is 3.48. The summed E-state index contributed by atoms with van der Waals surface area (Å²) < 4.78 is 92.2. The summed E-state index contributed by atoms with van der Waals surface area (Å²) in [7, 11) is -8.74. The molecule has 3 saturated carbocycles. The second kappa shape index (κ2) is 16.2. The van der Waals surface area contributed by atoms with E-state index >= 15 is 4.57 Å². The zero-order valence-corrected chi connectivity index (χ0v) is 35.1. The maximum atomic E-state index is 15.2. The van der Waals surface area contributed by atoms with Gasteiger partial charge in [-0.2, -0.15) is 13.6 Å². The molecule has 4 heterocycles. The van der Waals surface area contributed by atoms with Crippen LogP contribution in [0.25, 0.3) is 0 Å². The lowest BCUT2D eigenvalue weighted by atomic mass is 9.85. The molecule has 0 bridgehead atoms. The van der Waals surface area contributed by atoms with E-state index < -0.39 is 76.3 Å². The molecule has 17 heteroatoms. The molecule has 2 spiro atoms. The molecule has 4 aliphatic heterocycles. The molecule has 2 aromatic carbocycles. The SMILES string of the molecule is CC1(C)OC[C@@H](OP(=O)(OCc2ccccc2CBr)OC2[C@@H]3OC4(CCCCC4)O[C@@H]3C(O[P+]3([O-])OCc4ccccc4CO3)[C@@H]3OC4(CCCCC4)O[C@@H]23)O1. The van der Waals surface area contributed by atoms with E-state index in [1.165, 1.54) is 0 Å². The largest absolute Gasteiger partial charge is 0.606 e. The van der Waals surface area contributed by atoms with Gasteiger partial charge in [0.1, 0.15) is 50.3 Å². The van der Waals surface area contributed by atoms with Gasteiger partial charge in [0.2, 0.25) is 0 Å². The van der Waals surface area contributed by atoms with Gasteiger partial charge in [0.25, 0.3) is 0 Å². The summed E-state index contributed by atoms with van der Waals surface area (Å²) in [4.78, 5) is 14.5. The van der Waals surface area contributed by atoms with Crippen molar-refractivity contribution in [1.82, 2.24) is 0 Å². The van der Waals surface area contributed by atoms with E-state index in [9.17, 15) is 4.89 Å². The van der Waals surface area contributed by atoms with Crippen LogP contribution in [-0.2, 0) is 85.3 Å². The van der Waals surface area contributed by atoms with Gasteiger partial charge in [-0.3, -0.25) is 13.6 Å². The molecule has 9 rings (SSSR count). The Bertz CT molecular complexity index is 1680. The number of hydrogen-bond donors (Lipinski definition) is 0.